The van der Waals surface area contributed by atoms with Crippen LogP contribution in [-0.2, 0) is 6.54 Å². The summed E-state index contributed by atoms with van der Waals surface area (Å²) in [5.74, 6) is 0. The fourth-order valence-corrected chi connectivity index (χ4v) is 4.06. The van der Waals surface area contributed by atoms with Gasteiger partial charge in [0.1, 0.15) is 0 Å². The Hall–Kier alpha value is 0.0600. The topological polar surface area (TPSA) is 18.5 Å². The van der Waals surface area contributed by atoms with Crippen molar-refractivity contribution in [3.05, 3.63) is 20.8 Å². The number of thiophene rings is 1. The molecule has 1 N–H and O–H groups in total. The van der Waals surface area contributed by atoms with Crippen molar-refractivity contribution in [2.45, 2.75) is 26.4 Å². The number of rotatable bonds is 6. The molecule has 1 atom stereocenters. The van der Waals surface area contributed by atoms with E-state index in [1.54, 1.807) is 0 Å². The summed E-state index contributed by atoms with van der Waals surface area (Å²) in [4.78, 5) is 6.54. The monoisotopic (exact) mass is 345 g/mol. The summed E-state index contributed by atoms with van der Waals surface area (Å²) in [5.41, 5.74) is 0. The van der Waals surface area contributed by atoms with E-state index in [9.17, 15) is 0 Å². The number of hydrogen-bond donors (Lipinski definition) is 1. The second kappa shape index (κ2) is 7.74. The molecule has 2 heterocycles. The Kier molecular flexibility index (Phi) is 6.29. The Morgan fingerprint density at radius 3 is 2.95 bits per heavy atom. The van der Waals surface area contributed by atoms with Gasteiger partial charge in [0, 0.05) is 60.0 Å². The number of halogens is 1. The van der Waals surface area contributed by atoms with Crippen LogP contribution in [0.3, 0.4) is 0 Å². The van der Waals surface area contributed by atoms with Crippen molar-refractivity contribution in [2.24, 2.45) is 0 Å². The van der Waals surface area contributed by atoms with E-state index in [1.807, 2.05) is 11.3 Å². The summed E-state index contributed by atoms with van der Waals surface area (Å²) in [5, 5.41) is 5.68. The lowest BCUT2D eigenvalue weighted by atomic mass is 10.2. The number of nitrogens with zero attached hydrogens (tertiary/aromatic N) is 2. The van der Waals surface area contributed by atoms with Crippen LogP contribution in [0, 0.1) is 0 Å². The van der Waals surface area contributed by atoms with Gasteiger partial charge in [0.2, 0.25) is 0 Å². The first-order chi connectivity index (χ1) is 9.19. The highest BCUT2D eigenvalue weighted by molar-refractivity contribution is 9.10. The standard InChI is InChI=1S/C14H24BrN3S/c1-3-18-7-6-17(10-12(18)2)5-4-16-9-14-8-13(15)11-19-14/h8,11-12,16H,3-7,9-10H2,1-2H3. The Morgan fingerprint density at radius 1 is 1.47 bits per heavy atom. The number of hydrogen-bond acceptors (Lipinski definition) is 4. The second-order valence-electron chi connectivity index (χ2n) is 5.19. The predicted molar refractivity (Wildman–Crippen MR) is 86.9 cm³/mol. The summed E-state index contributed by atoms with van der Waals surface area (Å²) in [6, 6.07) is 2.90. The Balaban J connectivity index is 1.61. The van der Waals surface area contributed by atoms with Gasteiger partial charge in [-0.05, 0) is 35.5 Å². The van der Waals surface area contributed by atoms with Crippen molar-refractivity contribution in [2.75, 3.05) is 39.3 Å². The van der Waals surface area contributed by atoms with Gasteiger partial charge in [0.15, 0.2) is 0 Å². The van der Waals surface area contributed by atoms with Gasteiger partial charge >= 0.3 is 0 Å². The van der Waals surface area contributed by atoms with Crippen molar-refractivity contribution >= 4 is 27.3 Å². The van der Waals surface area contributed by atoms with Crippen LogP contribution in [-0.4, -0.2) is 55.1 Å². The van der Waals surface area contributed by atoms with Crippen LogP contribution in [0.15, 0.2) is 15.9 Å². The summed E-state index contributed by atoms with van der Waals surface area (Å²) >= 11 is 5.30. The summed E-state index contributed by atoms with van der Waals surface area (Å²) in [7, 11) is 0. The SMILES string of the molecule is CCN1CCN(CCNCc2cc(Br)cs2)CC1C. The molecule has 0 amide bonds. The third kappa shape index (κ3) is 4.83. The van der Waals surface area contributed by atoms with E-state index in [1.165, 1.54) is 35.5 Å². The smallest absolute Gasteiger partial charge is 0.0300 e. The van der Waals surface area contributed by atoms with E-state index < -0.39 is 0 Å². The third-order valence-electron chi connectivity index (χ3n) is 3.78. The zero-order valence-corrected chi connectivity index (χ0v) is 14.3. The average molecular weight is 346 g/mol. The van der Waals surface area contributed by atoms with Crippen LogP contribution >= 0.6 is 27.3 Å². The average Bonchev–Trinajstić information content (AvgIpc) is 2.81. The molecule has 1 saturated heterocycles. The molecule has 19 heavy (non-hydrogen) atoms. The highest BCUT2D eigenvalue weighted by atomic mass is 79.9. The Morgan fingerprint density at radius 2 is 2.32 bits per heavy atom. The van der Waals surface area contributed by atoms with Crippen molar-refractivity contribution < 1.29 is 0 Å². The van der Waals surface area contributed by atoms with Crippen molar-refractivity contribution in [3.8, 4) is 0 Å². The minimum absolute atomic E-state index is 0.701. The molecular formula is C14H24BrN3S. The van der Waals surface area contributed by atoms with Gasteiger partial charge in [-0.1, -0.05) is 6.92 Å². The maximum Gasteiger partial charge on any atom is 0.0300 e. The molecule has 108 valence electrons. The van der Waals surface area contributed by atoms with Crippen LogP contribution in [0.2, 0.25) is 0 Å². The maximum atomic E-state index is 3.54. The molecule has 1 aliphatic rings. The van der Waals surface area contributed by atoms with Crippen LogP contribution < -0.4 is 5.32 Å². The molecule has 0 saturated carbocycles. The normalized spacial score (nSPS) is 21.9. The molecule has 1 fully saturated rings. The highest BCUT2D eigenvalue weighted by Gasteiger charge is 2.21. The zero-order chi connectivity index (χ0) is 13.7. The van der Waals surface area contributed by atoms with Gasteiger partial charge < -0.3 is 5.32 Å². The highest BCUT2D eigenvalue weighted by Crippen LogP contribution is 2.19. The van der Waals surface area contributed by atoms with Crippen LogP contribution in [0.1, 0.15) is 18.7 Å². The fourth-order valence-electron chi connectivity index (χ4n) is 2.64. The van der Waals surface area contributed by atoms with E-state index in [2.05, 4.69) is 56.3 Å². The quantitative estimate of drug-likeness (QED) is 0.799. The fraction of sp³-hybridized carbons (Fsp3) is 0.714. The molecular weight excluding hydrogens is 322 g/mol. The molecule has 1 aromatic rings. The third-order valence-corrected chi connectivity index (χ3v) is 5.48. The van der Waals surface area contributed by atoms with E-state index in [4.69, 9.17) is 0 Å². The van der Waals surface area contributed by atoms with Gasteiger partial charge in [-0.2, -0.15) is 0 Å². The van der Waals surface area contributed by atoms with Gasteiger partial charge in [-0.25, -0.2) is 0 Å². The summed E-state index contributed by atoms with van der Waals surface area (Å²) in [6.45, 7) is 12.6. The molecule has 1 aliphatic heterocycles. The van der Waals surface area contributed by atoms with Gasteiger partial charge in [0.25, 0.3) is 0 Å². The molecule has 0 spiro atoms. The van der Waals surface area contributed by atoms with Crippen LogP contribution in [0.5, 0.6) is 0 Å². The minimum atomic E-state index is 0.701. The van der Waals surface area contributed by atoms with E-state index in [0.717, 1.165) is 19.6 Å². The lowest BCUT2D eigenvalue weighted by molar-refractivity contribution is 0.0887. The predicted octanol–water partition coefficient (Wildman–Crippen LogP) is 2.63. The molecule has 0 aromatic carbocycles. The number of piperazine rings is 1. The molecule has 0 radical (unpaired) electrons. The van der Waals surface area contributed by atoms with E-state index in [-0.39, 0.29) is 0 Å². The van der Waals surface area contributed by atoms with E-state index in [0.29, 0.717) is 6.04 Å². The van der Waals surface area contributed by atoms with Crippen LogP contribution in [0.25, 0.3) is 0 Å². The zero-order valence-electron chi connectivity index (χ0n) is 11.9. The minimum Gasteiger partial charge on any atom is -0.311 e. The molecule has 1 unspecified atom stereocenters. The van der Waals surface area contributed by atoms with Gasteiger partial charge in [-0.3, -0.25) is 9.80 Å². The summed E-state index contributed by atoms with van der Waals surface area (Å²) in [6.07, 6.45) is 0. The van der Waals surface area contributed by atoms with Gasteiger partial charge in [-0.15, -0.1) is 11.3 Å². The largest absolute Gasteiger partial charge is 0.311 e. The van der Waals surface area contributed by atoms with Crippen LogP contribution in [0.4, 0.5) is 0 Å². The number of nitrogens with one attached hydrogen (secondary N) is 1. The Bertz CT molecular complexity index is 383. The van der Waals surface area contributed by atoms with E-state index >= 15 is 0 Å². The molecule has 3 nitrogen and oxygen atoms in total. The first kappa shape index (κ1) is 15.4. The molecule has 0 bridgehead atoms. The molecule has 5 heteroatoms. The first-order valence-corrected chi connectivity index (χ1v) is 8.76. The second-order valence-corrected chi connectivity index (χ2v) is 7.10. The molecule has 1 aromatic heterocycles. The van der Waals surface area contributed by atoms with Crippen molar-refractivity contribution in [1.29, 1.82) is 0 Å². The Labute approximate surface area is 129 Å². The lowest BCUT2D eigenvalue weighted by Gasteiger charge is -2.39. The first-order valence-electron chi connectivity index (χ1n) is 7.09. The number of likely N-dealkylation sites (N-methyl/N-ethyl adjacent to an activating group) is 1. The maximum absolute atomic E-state index is 3.54. The summed E-state index contributed by atoms with van der Waals surface area (Å²) < 4.78 is 1.19. The van der Waals surface area contributed by atoms with Crippen molar-refractivity contribution in [3.63, 3.8) is 0 Å². The molecule has 2 rings (SSSR count). The van der Waals surface area contributed by atoms with Crippen molar-refractivity contribution in [1.82, 2.24) is 15.1 Å². The lowest BCUT2D eigenvalue weighted by Crippen LogP contribution is -2.52. The van der Waals surface area contributed by atoms with Gasteiger partial charge in [0.05, 0.1) is 0 Å². The molecule has 0 aliphatic carbocycles.